The van der Waals surface area contributed by atoms with Crippen molar-refractivity contribution in [2.45, 2.75) is 0 Å². The van der Waals surface area contributed by atoms with Gasteiger partial charge in [0.2, 0.25) is 0 Å². The third-order valence-corrected chi connectivity index (χ3v) is 4.29. The van der Waals surface area contributed by atoms with E-state index in [1.807, 2.05) is 12.1 Å². The Morgan fingerprint density at radius 1 is 1.17 bits per heavy atom. The minimum absolute atomic E-state index is 0.204. The molecule has 1 aliphatic heterocycles. The highest BCUT2D eigenvalue weighted by atomic mass is 35.5. The Kier molecular flexibility index (Phi) is 4.47. The average molecular weight is 340 g/mol. The van der Waals surface area contributed by atoms with Crippen LogP contribution in [0.1, 0.15) is 11.1 Å². The summed E-state index contributed by atoms with van der Waals surface area (Å²) in [6, 6.07) is 16.3. The van der Waals surface area contributed by atoms with Gasteiger partial charge >= 0.3 is 0 Å². The molecule has 1 fully saturated rings. The fraction of sp³-hybridized carbons (Fsp3) is 0. The summed E-state index contributed by atoms with van der Waals surface area (Å²) >= 11 is 7.32. The lowest BCUT2D eigenvalue weighted by molar-refractivity contribution is -0.115. The van der Waals surface area contributed by atoms with Gasteiger partial charge in [-0.2, -0.15) is 5.26 Å². The summed E-state index contributed by atoms with van der Waals surface area (Å²) in [6.45, 7) is 0. The molecule has 4 nitrogen and oxygen atoms in total. The molecule has 0 spiro atoms. The summed E-state index contributed by atoms with van der Waals surface area (Å²) in [5.41, 5.74) is 2.04. The number of nitrogens with one attached hydrogen (secondary N) is 1. The number of hydrogen-bond donors (Lipinski definition) is 1. The molecule has 6 heteroatoms. The number of carbonyl (C=O) groups is 1. The zero-order valence-corrected chi connectivity index (χ0v) is 13.4. The molecule has 0 aliphatic carbocycles. The predicted octanol–water partition coefficient (Wildman–Crippen LogP) is 4.10. The summed E-state index contributed by atoms with van der Waals surface area (Å²) in [5.74, 6) is -0.204. The van der Waals surface area contributed by atoms with Gasteiger partial charge < -0.3 is 5.32 Å². The van der Waals surface area contributed by atoms with E-state index < -0.39 is 0 Å². The van der Waals surface area contributed by atoms with Crippen molar-refractivity contribution in [3.05, 3.63) is 69.6 Å². The van der Waals surface area contributed by atoms with Gasteiger partial charge in [0.1, 0.15) is 0 Å². The van der Waals surface area contributed by atoms with Crippen LogP contribution in [0.5, 0.6) is 0 Å². The molecule has 3 rings (SSSR count). The number of benzene rings is 2. The minimum atomic E-state index is -0.204. The molecule has 2 aromatic carbocycles. The Balaban J connectivity index is 1.83. The molecule has 23 heavy (non-hydrogen) atoms. The number of amidine groups is 1. The lowest BCUT2D eigenvalue weighted by Gasteiger charge is -1.98. The molecule has 1 saturated heterocycles. The molecule has 0 aromatic heterocycles. The molecule has 0 radical (unpaired) electrons. The maximum Gasteiger partial charge on any atom is 0.264 e. The maximum atomic E-state index is 12.0. The molecular weight excluding hydrogens is 330 g/mol. The van der Waals surface area contributed by atoms with Gasteiger partial charge in [0.25, 0.3) is 5.91 Å². The van der Waals surface area contributed by atoms with E-state index in [0.717, 1.165) is 5.56 Å². The van der Waals surface area contributed by atoms with Crippen LogP contribution in [0.15, 0.2) is 58.4 Å². The van der Waals surface area contributed by atoms with Gasteiger partial charge in [-0.05, 0) is 47.7 Å². The fourth-order valence-electron chi connectivity index (χ4n) is 1.94. The van der Waals surface area contributed by atoms with Crippen LogP contribution in [0.25, 0.3) is 6.08 Å². The molecule has 1 heterocycles. The molecule has 0 unspecified atom stereocenters. The van der Waals surface area contributed by atoms with E-state index in [-0.39, 0.29) is 5.91 Å². The topological polar surface area (TPSA) is 65.2 Å². The van der Waals surface area contributed by atoms with E-state index in [4.69, 9.17) is 16.9 Å². The zero-order chi connectivity index (χ0) is 16.2. The highest BCUT2D eigenvalue weighted by Crippen LogP contribution is 2.30. The standard InChI is InChI=1S/C17H10ClN3OS/c18-13-3-1-2-4-14(13)20-17-21-16(22)15(23-17)9-11-5-7-12(10-19)8-6-11/h1-9H,(H,20,21,22)/b15-9-. The Morgan fingerprint density at radius 2 is 1.91 bits per heavy atom. The lowest BCUT2D eigenvalue weighted by Crippen LogP contribution is -2.19. The highest BCUT2D eigenvalue weighted by molar-refractivity contribution is 8.18. The van der Waals surface area contributed by atoms with Gasteiger partial charge in [0.05, 0.1) is 27.2 Å². The molecular formula is C17H10ClN3OS. The van der Waals surface area contributed by atoms with E-state index >= 15 is 0 Å². The number of nitriles is 1. The van der Waals surface area contributed by atoms with Crippen molar-refractivity contribution in [2.75, 3.05) is 0 Å². The van der Waals surface area contributed by atoms with E-state index in [1.165, 1.54) is 11.8 Å². The Labute approximate surface area is 142 Å². The first-order valence-electron chi connectivity index (χ1n) is 6.70. The summed E-state index contributed by atoms with van der Waals surface area (Å²) in [4.78, 5) is 16.9. The van der Waals surface area contributed by atoms with Crippen LogP contribution in [0.3, 0.4) is 0 Å². The normalized spacial score (nSPS) is 17.3. The summed E-state index contributed by atoms with van der Waals surface area (Å²) in [5, 5.41) is 12.5. The number of nitrogens with zero attached hydrogens (tertiary/aromatic N) is 2. The molecule has 1 amide bonds. The molecule has 0 atom stereocenters. The van der Waals surface area contributed by atoms with Crippen LogP contribution in [-0.4, -0.2) is 11.1 Å². The van der Waals surface area contributed by atoms with E-state index in [0.29, 0.717) is 26.3 Å². The lowest BCUT2D eigenvalue weighted by atomic mass is 10.1. The third-order valence-electron chi connectivity index (χ3n) is 3.06. The minimum Gasteiger partial charge on any atom is -0.300 e. The number of hydrogen-bond acceptors (Lipinski definition) is 4. The predicted molar refractivity (Wildman–Crippen MR) is 93.4 cm³/mol. The summed E-state index contributed by atoms with van der Waals surface area (Å²) in [6.07, 6.45) is 1.76. The van der Waals surface area contributed by atoms with Crippen LogP contribution in [0.2, 0.25) is 5.02 Å². The fourth-order valence-corrected chi connectivity index (χ4v) is 2.95. The monoisotopic (exact) mass is 339 g/mol. The van der Waals surface area contributed by atoms with Crippen molar-refractivity contribution in [1.82, 2.24) is 5.32 Å². The van der Waals surface area contributed by atoms with Crippen LogP contribution in [0.4, 0.5) is 5.69 Å². The summed E-state index contributed by atoms with van der Waals surface area (Å²) in [7, 11) is 0. The summed E-state index contributed by atoms with van der Waals surface area (Å²) < 4.78 is 0. The first-order valence-corrected chi connectivity index (χ1v) is 7.89. The van der Waals surface area contributed by atoms with E-state index in [2.05, 4.69) is 16.4 Å². The number of halogens is 1. The SMILES string of the molecule is N#Cc1ccc(/C=C2\SC(=Nc3ccccc3Cl)NC2=O)cc1. The van der Waals surface area contributed by atoms with E-state index in [1.54, 1.807) is 42.5 Å². The Morgan fingerprint density at radius 3 is 2.61 bits per heavy atom. The number of carbonyl (C=O) groups excluding carboxylic acids is 1. The quantitative estimate of drug-likeness (QED) is 0.837. The largest absolute Gasteiger partial charge is 0.300 e. The molecule has 1 aliphatic rings. The second kappa shape index (κ2) is 6.69. The number of rotatable bonds is 2. The number of amides is 1. The number of para-hydroxylation sites is 1. The smallest absolute Gasteiger partial charge is 0.264 e. The highest BCUT2D eigenvalue weighted by Gasteiger charge is 2.23. The number of thioether (sulfide) groups is 1. The van der Waals surface area contributed by atoms with Crippen molar-refractivity contribution in [2.24, 2.45) is 4.99 Å². The second-order valence-corrected chi connectivity index (χ2v) is 6.10. The van der Waals surface area contributed by atoms with Crippen molar-refractivity contribution in [3.8, 4) is 6.07 Å². The first kappa shape index (κ1) is 15.3. The van der Waals surface area contributed by atoms with Crippen LogP contribution < -0.4 is 5.32 Å². The molecule has 0 saturated carbocycles. The Bertz CT molecular complexity index is 866. The van der Waals surface area contributed by atoms with Gasteiger partial charge in [0.15, 0.2) is 5.17 Å². The zero-order valence-electron chi connectivity index (χ0n) is 11.8. The number of aliphatic imine (C=N–C) groups is 1. The van der Waals surface area contributed by atoms with Gasteiger partial charge in [-0.25, -0.2) is 4.99 Å². The van der Waals surface area contributed by atoms with Crippen LogP contribution in [-0.2, 0) is 4.79 Å². The van der Waals surface area contributed by atoms with Crippen molar-refractivity contribution < 1.29 is 4.79 Å². The van der Waals surface area contributed by atoms with E-state index in [9.17, 15) is 4.79 Å². The van der Waals surface area contributed by atoms with Gasteiger partial charge in [-0.1, -0.05) is 35.9 Å². The Hall–Kier alpha value is -2.55. The van der Waals surface area contributed by atoms with Gasteiger partial charge in [0, 0.05) is 0 Å². The van der Waals surface area contributed by atoms with Crippen LogP contribution >= 0.6 is 23.4 Å². The van der Waals surface area contributed by atoms with Gasteiger partial charge in [-0.3, -0.25) is 4.79 Å². The van der Waals surface area contributed by atoms with Crippen molar-refractivity contribution in [1.29, 1.82) is 5.26 Å². The third kappa shape index (κ3) is 3.62. The molecule has 2 aromatic rings. The second-order valence-electron chi connectivity index (χ2n) is 4.67. The van der Waals surface area contributed by atoms with Crippen molar-refractivity contribution in [3.63, 3.8) is 0 Å². The molecule has 0 bridgehead atoms. The van der Waals surface area contributed by atoms with Gasteiger partial charge in [-0.15, -0.1) is 0 Å². The van der Waals surface area contributed by atoms with Crippen molar-refractivity contribution >= 4 is 46.2 Å². The first-order chi connectivity index (χ1) is 11.2. The van der Waals surface area contributed by atoms with Crippen LogP contribution in [0, 0.1) is 11.3 Å². The molecule has 1 N–H and O–H groups in total. The molecule has 112 valence electrons. The average Bonchev–Trinajstić information content (AvgIpc) is 2.90. The maximum absolute atomic E-state index is 12.0.